The van der Waals surface area contributed by atoms with Crippen molar-refractivity contribution in [2.45, 2.75) is 5.92 Å². The number of fused-ring (bicyclic) bond motifs is 1. The summed E-state index contributed by atoms with van der Waals surface area (Å²) in [6.07, 6.45) is 0. The lowest BCUT2D eigenvalue weighted by Crippen LogP contribution is -2.31. The molecule has 3 rings (SSSR count). The van der Waals surface area contributed by atoms with Gasteiger partial charge >= 0.3 is 5.97 Å². The zero-order valence-electron chi connectivity index (χ0n) is 10.9. The van der Waals surface area contributed by atoms with Gasteiger partial charge in [0.25, 0.3) is 5.91 Å². The zero-order chi connectivity index (χ0) is 15.0. The third-order valence-electron chi connectivity index (χ3n) is 3.45. The lowest BCUT2D eigenvalue weighted by atomic mass is 10.0. The highest BCUT2D eigenvalue weighted by molar-refractivity contribution is 9.10. The van der Waals surface area contributed by atoms with Gasteiger partial charge in [0.15, 0.2) is 0 Å². The van der Waals surface area contributed by atoms with Crippen molar-refractivity contribution in [3.8, 4) is 0 Å². The number of carbonyl (C=O) groups excluding carboxylic acids is 1. The summed E-state index contributed by atoms with van der Waals surface area (Å²) in [6, 6.07) is 12.1. The van der Waals surface area contributed by atoms with Crippen LogP contribution in [0.1, 0.15) is 22.0 Å². The molecule has 0 spiro atoms. The number of para-hydroxylation sites is 1. The molecule has 106 valence electrons. The van der Waals surface area contributed by atoms with Crippen molar-refractivity contribution in [2.24, 2.45) is 0 Å². The molecule has 1 N–H and O–H groups in total. The number of carboxylic acid groups (broad SMARTS) is 1. The number of hydrogen-bond donors (Lipinski definition) is 1. The summed E-state index contributed by atoms with van der Waals surface area (Å²) in [6.45, 7) is 0.127. The average Bonchev–Trinajstić information content (AvgIpc) is 2.86. The van der Waals surface area contributed by atoms with Crippen molar-refractivity contribution in [2.75, 3.05) is 11.4 Å². The number of benzene rings is 1. The molecule has 1 aromatic carbocycles. The molecule has 0 aliphatic carbocycles. The first kappa shape index (κ1) is 13.8. The van der Waals surface area contributed by atoms with Gasteiger partial charge < -0.3 is 10.0 Å². The minimum Gasteiger partial charge on any atom is -0.481 e. The number of hydrogen-bond acceptors (Lipinski definition) is 3. The van der Waals surface area contributed by atoms with E-state index in [1.165, 1.54) is 4.90 Å². The molecule has 2 heterocycles. The number of aromatic nitrogens is 1. The third-order valence-corrected chi connectivity index (χ3v) is 3.89. The second-order valence-electron chi connectivity index (χ2n) is 4.71. The van der Waals surface area contributed by atoms with Crippen LogP contribution in [0.3, 0.4) is 0 Å². The Labute approximate surface area is 129 Å². The predicted octanol–water partition coefficient (Wildman–Crippen LogP) is 2.67. The Morgan fingerprint density at radius 3 is 2.67 bits per heavy atom. The molecule has 1 aromatic heterocycles. The minimum absolute atomic E-state index is 0.127. The molecule has 0 saturated heterocycles. The van der Waals surface area contributed by atoms with Crippen LogP contribution in [0.15, 0.2) is 47.1 Å². The van der Waals surface area contributed by atoms with Crippen LogP contribution in [0.5, 0.6) is 0 Å². The fraction of sp³-hybridized carbons (Fsp3) is 0.133. The van der Waals surface area contributed by atoms with E-state index in [9.17, 15) is 14.7 Å². The smallest absolute Gasteiger partial charge is 0.312 e. The first-order chi connectivity index (χ1) is 10.1. The van der Waals surface area contributed by atoms with Crippen LogP contribution in [-0.2, 0) is 4.79 Å². The molecule has 1 aliphatic heterocycles. The average molecular weight is 347 g/mol. The van der Waals surface area contributed by atoms with Gasteiger partial charge in [-0.3, -0.25) is 9.59 Å². The zero-order valence-corrected chi connectivity index (χ0v) is 12.4. The quantitative estimate of drug-likeness (QED) is 0.848. The summed E-state index contributed by atoms with van der Waals surface area (Å²) in [5.74, 6) is -1.93. The monoisotopic (exact) mass is 346 g/mol. The number of rotatable bonds is 2. The molecule has 0 bridgehead atoms. The van der Waals surface area contributed by atoms with Crippen LogP contribution in [0.25, 0.3) is 0 Å². The lowest BCUT2D eigenvalue weighted by molar-refractivity contribution is -0.138. The van der Waals surface area contributed by atoms with Gasteiger partial charge in [-0.1, -0.05) is 24.3 Å². The van der Waals surface area contributed by atoms with Crippen molar-refractivity contribution < 1.29 is 14.7 Å². The van der Waals surface area contributed by atoms with Crippen molar-refractivity contribution in [3.63, 3.8) is 0 Å². The van der Waals surface area contributed by atoms with Crippen molar-refractivity contribution in [1.29, 1.82) is 0 Å². The minimum atomic E-state index is -0.931. The van der Waals surface area contributed by atoms with E-state index in [4.69, 9.17) is 0 Å². The SMILES string of the molecule is O=C(O)C1CN(C(=O)c2cccc(Br)n2)c2ccccc21. The topological polar surface area (TPSA) is 70.5 Å². The number of carboxylic acids is 1. The molecule has 1 atom stereocenters. The first-order valence-electron chi connectivity index (χ1n) is 6.34. The maximum absolute atomic E-state index is 12.6. The molecule has 5 nitrogen and oxygen atoms in total. The molecule has 21 heavy (non-hydrogen) atoms. The van der Waals surface area contributed by atoms with Gasteiger partial charge in [0.2, 0.25) is 0 Å². The maximum atomic E-state index is 12.6. The molecule has 0 fully saturated rings. The van der Waals surface area contributed by atoms with Gasteiger partial charge in [-0.15, -0.1) is 0 Å². The lowest BCUT2D eigenvalue weighted by Gasteiger charge is -2.17. The third kappa shape index (κ3) is 2.42. The number of anilines is 1. The molecule has 0 saturated carbocycles. The standard InChI is InChI=1S/C15H11BrN2O3/c16-13-7-3-5-11(17-13)14(19)18-8-10(15(20)21)9-4-1-2-6-12(9)18/h1-7,10H,8H2,(H,20,21). The Bertz CT molecular complexity index is 732. The fourth-order valence-electron chi connectivity index (χ4n) is 2.48. The number of pyridine rings is 1. The van der Waals surface area contributed by atoms with Crippen LogP contribution in [0, 0.1) is 0 Å². The van der Waals surface area contributed by atoms with Crippen LogP contribution in [0.2, 0.25) is 0 Å². The normalized spacial score (nSPS) is 16.6. The molecular weight excluding hydrogens is 336 g/mol. The van der Waals surface area contributed by atoms with Crippen LogP contribution < -0.4 is 4.90 Å². The summed E-state index contributed by atoms with van der Waals surface area (Å²) >= 11 is 3.23. The first-order valence-corrected chi connectivity index (χ1v) is 7.13. The summed E-state index contributed by atoms with van der Waals surface area (Å²) in [7, 11) is 0. The number of nitrogens with zero attached hydrogens (tertiary/aromatic N) is 2. The van der Waals surface area contributed by atoms with E-state index in [1.807, 2.05) is 0 Å². The molecule has 1 amide bonds. The van der Waals surface area contributed by atoms with Gasteiger partial charge in [-0.25, -0.2) is 4.98 Å². The molecule has 1 unspecified atom stereocenters. The molecule has 2 aromatic rings. The molecule has 0 radical (unpaired) electrons. The fourth-order valence-corrected chi connectivity index (χ4v) is 2.82. The number of amides is 1. The molecule has 6 heteroatoms. The Hall–Kier alpha value is -2.21. The Morgan fingerprint density at radius 1 is 1.19 bits per heavy atom. The molecule has 1 aliphatic rings. The van der Waals surface area contributed by atoms with Gasteiger partial charge in [0, 0.05) is 12.2 Å². The van der Waals surface area contributed by atoms with Crippen molar-refractivity contribution in [3.05, 3.63) is 58.3 Å². The Kier molecular flexibility index (Phi) is 3.47. The largest absolute Gasteiger partial charge is 0.481 e. The second-order valence-corrected chi connectivity index (χ2v) is 5.52. The van der Waals surface area contributed by atoms with E-state index in [2.05, 4.69) is 20.9 Å². The maximum Gasteiger partial charge on any atom is 0.312 e. The molecular formula is C15H11BrN2O3. The highest BCUT2D eigenvalue weighted by Gasteiger charge is 2.36. The van der Waals surface area contributed by atoms with E-state index in [1.54, 1.807) is 42.5 Å². The van der Waals surface area contributed by atoms with E-state index in [0.717, 1.165) is 0 Å². The van der Waals surface area contributed by atoms with Gasteiger partial charge in [0.05, 0.1) is 0 Å². The van der Waals surface area contributed by atoms with Crippen LogP contribution >= 0.6 is 15.9 Å². The second kappa shape index (κ2) is 5.29. The van der Waals surface area contributed by atoms with Crippen LogP contribution in [0.4, 0.5) is 5.69 Å². The van der Waals surface area contributed by atoms with Crippen molar-refractivity contribution in [1.82, 2.24) is 4.98 Å². The number of carbonyl (C=O) groups is 2. The van der Waals surface area contributed by atoms with E-state index in [-0.39, 0.29) is 18.1 Å². The predicted molar refractivity (Wildman–Crippen MR) is 80.4 cm³/mol. The Balaban J connectivity index is 2.01. The van der Waals surface area contributed by atoms with Gasteiger partial charge in [0.1, 0.15) is 16.2 Å². The summed E-state index contributed by atoms with van der Waals surface area (Å²) < 4.78 is 0.565. The van der Waals surface area contributed by atoms with Crippen LogP contribution in [-0.4, -0.2) is 28.5 Å². The van der Waals surface area contributed by atoms with Crippen molar-refractivity contribution >= 4 is 33.5 Å². The van der Waals surface area contributed by atoms with E-state index in [0.29, 0.717) is 15.9 Å². The van der Waals surface area contributed by atoms with E-state index >= 15 is 0 Å². The highest BCUT2D eigenvalue weighted by Crippen LogP contribution is 2.36. The van der Waals surface area contributed by atoms with Gasteiger partial charge in [-0.05, 0) is 39.7 Å². The summed E-state index contributed by atoms with van der Waals surface area (Å²) in [5, 5.41) is 9.31. The Morgan fingerprint density at radius 2 is 1.95 bits per heavy atom. The summed E-state index contributed by atoms with van der Waals surface area (Å²) in [5.41, 5.74) is 1.58. The van der Waals surface area contributed by atoms with E-state index < -0.39 is 11.9 Å². The number of aliphatic carboxylic acids is 1. The summed E-state index contributed by atoms with van der Waals surface area (Å²) in [4.78, 5) is 29.6. The number of halogens is 1. The van der Waals surface area contributed by atoms with Gasteiger partial charge in [-0.2, -0.15) is 0 Å². The highest BCUT2D eigenvalue weighted by atomic mass is 79.9.